The van der Waals surface area contributed by atoms with Crippen molar-refractivity contribution in [3.05, 3.63) is 42.3 Å². The number of hydrogen-bond donors (Lipinski definition) is 0. The molecular formula is C13H10F9. The minimum absolute atomic E-state index is 0.0334. The molecule has 0 heterocycles. The monoisotopic (exact) mass is 337 g/mol. The highest BCUT2D eigenvalue weighted by molar-refractivity contribution is 5.33. The summed E-state index contributed by atoms with van der Waals surface area (Å²) >= 11 is 0. The van der Waals surface area contributed by atoms with Gasteiger partial charge in [0, 0.05) is 5.56 Å². The van der Waals surface area contributed by atoms with Crippen LogP contribution in [-0.2, 0) is 12.3 Å². The van der Waals surface area contributed by atoms with Crippen molar-refractivity contribution in [3.8, 4) is 0 Å². The van der Waals surface area contributed by atoms with Gasteiger partial charge in [-0.1, -0.05) is 31.2 Å². The van der Waals surface area contributed by atoms with E-state index in [1.54, 1.807) is 0 Å². The average molecular weight is 337 g/mol. The van der Waals surface area contributed by atoms with Crippen molar-refractivity contribution in [1.82, 2.24) is 0 Å². The Hall–Kier alpha value is -1.41. The summed E-state index contributed by atoms with van der Waals surface area (Å²) in [6.45, 7) is 3.29. The van der Waals surface area contributed by atoms with E-state index < -0.39 is 35.1 Å². The molecule has 0 bridgehead atoms. The van der Waals surface area contributed by atoms with E-state index >= 15 is 0 Å². The summed E-state index contributed by atoms with van der Waals surface area (Å²) in [5.41, 5.74) is -2.05. The average Bonchev–Trinajstić information content (AvgIpc) is 2.37. The van der Waals surface area contributed by atoms with Gasteiger partial charge in [0.05, 0.1) is 0 Å². The van der Waals surface area contributed by atoms with Crippen LogP contribution < -0.4 is 0 Å². The van der Waals surface area contributed by atoms with Gasteiger partial charge < -0.3 is 0 Å². The van der Waals surface area contributed by atoms with Crippen LogP contribution in [0, 0.1) is 6.92 Å². The fourth-order valence-corrected chi connectivity index (χ4v) is 1.78. The number of aryl methyl sites for hydroxylation is 1. The maximum Gasteiger partial charge on any atom is 0.460 e. The summed E-state index contributed by atoms with van der Waals surface area (Å²) in [6.07, 6.45) is -7.13. The van der Waals surface area contributed by atoms with E-state index in [9.17, 15) is 39.5 Å². The Bertz CT molecular complexity index is 516. The quantitative estimate of drug-likeness (QED) is 0.633. The first kappa shape index (κ1) is 18.6. The van der Waals surface area contributed by atoms with Gasteiger partial charge in [0.25, 0.3) is 0 Å². The molecule has 0 N–H and O–H groups in total. The summed E-state index contributed by atoms with van der Waals surface area (Å²) in [6, 6.07) is 3.35. The van der Waals surface area contributed by atoms with E-state index in [1.807, 2.05) is 0 Å². The molecule has 0 fully saturated rings. The number of benzene rings is 1. The molecule has 0 aliphatic heterocycles. The molecule has 0 amide bonds. The smallest absolute Gasteiger partial charge is 0.194 e. The second-order valence-electron chi connectivity index (χ2n) is 4.48. The third-order valence-electron chi connectivity index (χ3n) is 2.95. The molecule has 0 saturated heterocycles. The summed E-state index contributed by atoms with van der Waals surface area (Å²) in [5, 5.41) is 0. The SMILES string of the molecule is [CH2]CCc1ccccc1C(F)(F)C(F)(F)C(F)(F)C(F)(F)F. The van der Waals surface area contributed by atoms with Crippen LogP contribution in [0.5, 0.6) is 0 Å². The summed E-state index contributed by atoms with van der Waals surface area (Å²) in [4.78, 5) is 0. The standard InChI is InChI=1S/C13H10F9/c1-2-5-8-6-3-4-7-9(8)10(14,15)11(16,17)12(18,19)13(20,21)22/h3-4,6-7H,1-2,5H2. The zero-order chi connectivity index (χ0) is 17.4. The Morgan fingerprint density at radius 3 is 1.73 bits per heavy atom. The highest BCUT2D eigenvalue weighted by Gasteiger charge is 2.82. The molecule has 0 aromatic heterocycles. The molecule has 1 rings (SSSR count). The van der Waals surface area contributed by atoms with Gasteiger partial charge >= 0.3 is 23.9 Å². The van der Waals surface area contributed by atoms with E-state index in [-0.39, 0.29) is 12.8 Å². The summed E-state index contributed by atoms with van der Waals surface area (Å²) < 4.78 is 116. The third-order valence-corrected chi connectivity index (χ3v) is 2.95. The number of halogens is 9. The van der Waals surface area contributed by atoms with Crippen molar-refractivity contribution >= 4 is 0 Å². The van der Waals surface area contributed by atoms with Crippen LogP contribution in [0.25, 0.3) is 0 Å². The predicted molar refractivity (Wildman–Crippen MR) is 60.0 cm³/mol. The zero-order valence-corrected chi connectivity index (χ0v) is 10.8. The Labute approximate surface area is 119 Å². The molecule has 0 saturated carbocycles. The van der Waals surface area contributed by atoms with Crippen LogP contribution in [0.1, 0.15) is 17.5 Å². The number of rotatable bonds is 5. The van der Waals surface area contributed by atoms with Gasteiger partial charge in [0.1, 0.15) is 0 Å². The van der Waals surface area contributed by atoms with Crippen molar-refractivity contribution in [2.45, 2.75) is 36.8 Å². The van der Waals surface area contributed by atoms with Crippen LogP contribution in [0.4, 0.5) is 39.5 Å². The van der Waals surface area contributed by atoms with E-state index in [1.165, 1.54) is 6.07 Å². The van der Waals surface area contributed by atoms with Crippen molar-refractivity contribution in [2.24, 2.45) is 0 Å². The first-order valence-electron chi connectivity index (χ1n) is 5.88. The van der Waals surface area contributed by atoms with E-state index in [0.717, 1.165) is 12.1 Å². The van der Waals surface area contributed by atoms with Crippen molar-refractivity contribution in [3.63, 3.8) is 0 Å². The molecule has 0 spiro atoms. The molecule has 0 unspecified atom stereocenters. The molecular weight excluding hydrogens is 327 g/mol. The normalized spacial score (nSPS) is 14.3. The van der Waals surface area contributed by atoms with Crippen LogP contribution in [0.15, 0.2) is 24.3 Å². The van der Waals surface area contributed by atoms with Gasteiger partial charge in [0.2, 0.25) is 0 Å². The maximum atomic E-state index is 13.8. The van der Waals surface area contributed by atoms with Gasteiger partial charge in [-0.2, -0.15) is 39.5 Å². The van der Waals surface area contributed by atoms with Crippen molar-refractivity contribution in [1.29, 1.82) is 0 Å². The first-order chi connectivity index (χ1) is 9.80. The molecule has 9 heteroatoms. The van der Waals surface area contributed by atoms with E-state index in [4.69, 9.17) is 0 Å². The molecule has 0 atom stereocenters. The third kappa shape index (κ3) is 2.77. The predicted octanol–water partition coefficient (Wildman–Crippen LogP) is 5.38. The highest BCUT2D eigenvalue weighted by atomic mass is 19.4. The number of hydrogen-bond acceptors (Lipinski definition) is 0. The number of alkyl halides is 9. The topological polar surface area (TPSA) is 0 Å². The second kappa shape index (κ2) is 5.66. The lowest BCUT2D eigenvalue weighted by Gasteiger charge is -2.34. The fourth-order valence-electron chi connectivity index (χ4n) is 1.78. The molecule has 125 valence electrons. The van der Waals surface area contributed by atoms with E-state index in [2.05, 4.69) is 6.92 Å². The largest absolute Gasteiger partial charge is 0.460 e. The van der Waals surface area contributed by atoms with Crippen LogP contribution in [0.2, 0.25) is 0 Å². The lowest BCUT2D eigenvalue weighted by atomic mass is 9.91. The van der Waals surface area contributed by atoms with Gasteiger partial charge in [-0.05, 0) is 18.4 Å². The van der Waals surface area contributed by atoms with Crippen molar-refractivity contribution < 1.29 is 39.5 Å². The lowest BCUT2D eigenvalue weighted by molar-refractivity contribution is -0.399. The molecule has 0 aliphatic carbocycles. The van der Waals surface area contributed by atoms with E-state index in [0.29, 0.717) is 6.07 Å². The zero-order valence-electron chi connectivity index (χ0n) is 10.8. The molecule has 0 aliphatic rings. The van der Waals surface area contributed by atoms with Crippen LogP contribution in [0.3, 0.4) is 0 Å². The maximum absolute atomic E-state index is 13.8. The van der Waals surface area contributed by atoms with Gasteiger partial charge in [-0.3, -0.25) is 0 Å². The molecule has 0 nitrogen and oxygen atoms in total. The molecule has 1 radical (unpaired) electrons. The second-order valence-corrected chi connectivity index (χ2v) is 4.48. The molecule has 1 aromatic carbocycles. The Kier molecular flexibility index (Phi) is 4.79. The molecule has 22 heavy (non-hydrogen) atoms. The highest BCUT2D eigenvalue weighted by Crippen LogP contribution is 2.57. The Morgan fingerprint density at radius 2 is 1.27 bits per heavy atom. The Balaban J connectivity index is 3.46. The Morgan fingerprint density at radius 1 is 0.773 bits per heavy atom. The van der Waals surface area contributed by atoms with Crippen LogP contribution in [-0.4, -0.2) is 18.0 Å². The first-order valence-corrected chi connectivity index (χ1v) is 5.88. The van der Waals surface area contributed by atoms with Crippen molar-refractivity contribution in [2.75, 3.05) is 0 Å². The van der Waals surface area contributed by atoms with Gasteiger partial charge in [-0.15, -0.1) is 0 Å². The summed E-state index contributed by atoms with van der Waals surface area (Å²) in [5.74, 6) is -19.2. The fraction of sp³-hybridized carbons (Fsp3) is 0.462. The van der Waals surface area contributed by atoms with Gasteiger partial charge in [-0.25, -0.2) is 0 Å². The summed E-state index contributed by atoms with van der Waals surface area (Å²) in [7, 11) is 0. The minimum Gasteiger partial charge on any atom is -0.194 e. The minimum atomic E-state index is -6.89. The van der Waals surface area contributed by atoms with Crippen LogP contribution >= 0.6 is 0 Å². The van der Waals surface area contributed by atoms with Gasteiger partial charge in [0.15, 0.2) is 0 Å². The molecule has 1 aromatic rings. The lowest BCUT2D eigenvalue weighted by Crippen LogP contribution is -2.59.